The van der Waals surface area contributed by atoms with E-state index in [9.17, 15) is 4.79 Å². The van der Waals surface area contributed by atoms with Crippen LogP contribution in [0.4, 0.5) is 5.69 Å². The van der Waals surface area contributed by atoms with Crippen LogP contribution in [0.25, 0.3) is 0 Å². The Morgan fingerprint density at radius 2 is 1.90 bits per heavy atom. The van der Waals surface area contributed by atoms with E-state index in [1.807, 2.05) is 36.0 Å². The number of hydrogen-bond donors (Lipinski definition) is 2. The summed E-state index contributed by atoms with van der Waals surface area (Å²) in [7, 11) is 1.63. The molecule has 5 heteroatoms. The van der Waals surface area contributed by atoms with E-state index < -0.39 is 0 Å². The van der Waals surface area contributed by atoms with E-state index in [-0.39, 0.29) is 5.91 Å². The maximum Gasteiger partial charge on any atom is 0.238 e. The standard InChI is InChI=1S/C16H24N2O2S/c1-20-14-7-3-13(4-8-14)18-16(19)11-17-12-5-9-15(21-2)10-6-12/h3-4,7-8,12,15,17H,5-6,9-11H2,1-2H3,(H,18,19). The van der Waals surface area contributed by atoms with Crippen molar-refractivity contribution in [2.75, 3.05) is 25.2 Å². The molecule has 0 aromatic heterocycles. The van der Waals surface area contributed by atoms with E-state index >= 15 is 0 Å². The van der Waals surface area contributed by atoms with Crippen molar-refractivity contribution in [2.45, 2.75) is 37.0 Å². The zero-order valence-electron chi connectivity index (χ0n) is 12.7. The zero-order chi connectivity index (χ0) is 15.1. The average Bonchev–Trinajstić information content (AvgIpc) is 2.54. The number of carbonyl (C=O) groups is 1. The first-order valence-electron chi connectivity index (χ1n) is 7.41. The lowest BCUT2D eigenvalue weighted by molar-refractivity contribution is -0.115. The van der Waals surface area contributed by atoms with Gasteiger partial charge in [-0.2, -0.15) is 11.8 Å². The van der Waals surface area contributed by atoms with E-state index in [0.29, 0.717) is 12.6 Å². The van der Waals surface area contributed by atoms with Crippen molar-refractivity contribution in [1.82, 2.24) is 5.32 Å². The van der Waals surface area contributed by atoms with Crippen LogP contribution in [0.2, 0.25) is 0 Å². The number of rotatable bonds is 6. The largest absolute Gasteiger partial charge is 0.497 e. The van der Waals surface area contributed by atoms with Gasteiger partial charge in [-0.25, -0.2) is 0 Å². The summed E-state index contributed by atoms with van der Waals surface area (Å²) in [6.45, 7) is 0.376. The Bertz CT molecular complexity index is 442. The SMILES string of the molecule is COc1ccc(NC(=O)CNC2CCC(SC)CC2)cc1. The van der Waals surface area contributed by atoms with Crippen LogP contribution in [0.5, 0.6) is 5.75 Å². The van der Waals surface area contributed by atoms with Crippen molar-refractivity contribution < 1.29 is 9.53 Å². The number of carbonyl (C=O) groups excluding carboxylic acids is 1. The van der Waals surface area contributed by atoms with Gasteiger partial charge in [0.15, 0.2) is 0 Å². The number of ether oxygens (including phenoxy) is 1. The van der Waals surface area contributed by atoms with E-state index in [4.69, 9.17) is 4.74 Å². The lowest BCUT2D eigenvalue weighted by atomic mass is 9.95. The molecule has 0 unspecified atom stereocenters. The van der Waals surface area contributed by atoms with Gasteiger partial charge < -0.3 is 15.4 Å². The fourth-order valence-electron chi connectivity index (χ4n) is 2.62. The van der Waals surface area contributed by atoms with Gasteiger partial charge in [-0.15, -0.1) is 0 Å². The molecule has 0 aliphatic heterocycles. The molecule has 1 aromatic carbocycles. The summed E-state index contributed by atoms with van der Waals surface area (Å²) in [4.78, 5) is 11.9. The normalized spacial score (nSPS) is 21.8. The quantitative estimate of drug-likeness (QED) is 0.848. The summed E-state index contributed by atoms with van der Waals surface area (Å²) in [5.41, 5.74) is 0.800. The van der Waals surface area contributed by atoms with Gasteiger partial charge in [-0.05, 0) is 56.2 Å². The monoisotopic (exact) mass is 308 g/mol. The molecular weight excluding hydrogens is 284 g/mol. The summed E-state index contributed by atoms with van der Waals surface area (Å²) in [5.74, 6) is 0.795. The van der Waals surface area contributed by atoms with Crippen LogP contribution in [-0.4, -0.2) is 37.1 Å². The van der Waals surface area contributed by atoms with Crippen molar-refractivity contribution in [1.29, 1.82) is 0 Å². The van der Waals surface area contributed by atoms with Crippen LogP contribution >= 0.6 is 11.8 Å². The van der Waals surface area contributed by atoms with Crippen LogP contribution in [0.1, 0.15) is 25.7 Å². The van der Waals surface area contributed by atoms with Crippen molar-refractivity contribution in [3.8, 4) is 5.75 Å². The Labute approximate surface area is 131 Å². The highest BCUT2D eigenvalue weighted by molar-refractivity contribution is 7.99. The van der Waals surface area contributed by atoms with Gasteiger partial charge in [0, 0.05) is 17.0 Å². The molecule has 0 atom stereocenters. The molecule has 116 valence electrons. The molecule has 21 heavy (non-hydrogen) atoms. The van der Waals surface area contributed by atoms with Gasteiger partial charge in [-0.1, -0.05) is 0 Å². The maximum absolute atomic E-state index is 11.9. The van der Waals surface area contributed by atoms with Gasteiger partial charge in [0.2, 0.25) is 5.91 Å². The van der Waals surface area contributed by atoms with Crippen molar-refractivity contribution >= 4 is 23.4 Å². The second-order valence-corrected chi connectivity index (χ2v) is 6.50. The highest BCUT2D eigenvalue weighted by atomic mass is 32.2. The topological polar surface area (TPSA) is 50.4 Å². The van der Waals surface area contributed by atoms with Gasteiger partial charge in [-0.3, -0.25) is 4.79 Å². The molecule has 0 spiro atoms. The van der Waals surface area contributed by atoms with Crippen LogP contribution < -0.4 is 15.4 Å². The Balaban J connectivity index is 1.69. The van der Waals surface area contributed by atoms with E-state index in [1.165, 1.54) is 25.7 Å². The van der Waals surface area contributed by atoms with Gasteiger partial charge in [0.1, 0.15) is 5.75 Å². The second kappa shape index (κ2) is 8.29. The molecule has 0 radical (unpaired) electrons. The van der Waals surface area contributed by atoms with Crippen LogP contribution in [-0.2, 0) is 4.79 Å². The first kappa shape index (κ1) is 16.2. The third-order valence-corrected chi connectivity index (χ3v) is 5.07. The molecule has 4 nitrogen and oxygen atoms in total. The Hall–Kier alpha value is -1.20. The number of benzene rings is 1. The molecule has 1 aliphatic carbocycles. The summed E-state index contributed by atoms with van der Waals surface area (Å²) < 4.78 is 5.09. The van der Waals surface area contributed by atoms with Crippen molar-refractivity contribution in [2.24, 2.45) is 0 Å². The average molecular weight is 308 g/mol. The molecule has 1 fully saturated rings. The predicted molar refractivity (Wildman–Crippen MR) is 89.2 cm³/mol. The molecule has 1 aromatic rings. The fraction of sp³-hybridized carbons (Fsp3) is 0.562. The molecule has 0 heterocycles. The minimum Gasteiger partial charge on any atom is -0.497 e. The summed E-state index contributed by atoms with van der Waals surface area (Å²) in [6, 6.07) is 7.86. The van der Waals surface area contributed by atoms with E-state index in [0.717, 1.165) is 16.7 Å². The first-order valence-corrected chi connectivity index (χ1v) is 8.70. The van der Waals surface area contributed by atoms with E-state index in [2.05, 4.69) is 16.9 Å². The van der Waals surface area contributed by atoms with Crippen LogP contribution in [0, 0.1) is 0 Å². The van der Waals surface area contributed by atoms with Crippen molar-refractivity contribution in [3.05, 3.63) is 24.3 Å². The Kier molecular flexibility index (Phi) is 6.39. The molecule has 0 saturated heterocycles. The minimum absolute atomic E-state index is 0.00663. The maximum atomic E-state index is 11.9. The summed E-state index contributed by atoms with van der Waals surface area (Å²) in [6.07, 6.45) is 7.02. The number of amides is 1. The third kappa shape index (κ3) is 5.25. The number of anilines is 1. The molecule has 0 bridgehead atoms. The number of methoxy groups -OCH3 is 1. The molecular formula is C16H24N2O2S. The van der Waals surface area contributed by atoms with E-state index in [1.54, 1.807) is 7.11 Å². The molecule has 1 saturated carbocycles. The Morgan fingerprint density at radius 1 is 1.24 bits per heavy atom. The lowest BCUT2D eigenvalue weighted by Gasteiger charge is -2.27. The van der Waals surface area contributed by atoms with Gasteiger partial charge in [0.05, 0.1) is 13.7 Å². The number of thioether (sulfide) groups is 1. The smallest absolute Gasteiger partial charge is 0.238 e. The Morgan fingerprint density at radius 3 is 2.48 bits per heavy atom. The van der Waals surface area contributed by atoms with Gasteiger partial charge in [0.25, 0.3) is 0 Å². The highest BCUT2D eigenvalue weighted by Gasteiger charge is 2.20. The molecule has 1 amide bonds. The lowest BCUT2D eigenvalue weighted by Crippen LogP contribution is -2.38. The molecule has 1 aliphatic rings. The molecule has 2 rings (SSSR count). The third-order valence-electron chi connectivity index (χ3n) is 3.93. The summed E-state index contributed by atoms with van der Waals surface area (Å²) >= 11 is 1.96. The fourth-order valence-corrected chi connectivity index (χ4v) is 3.36. The minimum atomic E-state index is 0.00663. The van der Waals surface area contributed by atoms with Crippen LogP contribution in [0.3, 0.4) is 0 Å². The first-order chi connectivity index (χ1) is 10.2. The summed E-state index contributed by atoms with van der Waals surface area (Å²) in [5, 5.41) is 7.06. The van der Waals surface area contributed by atoms with Crippen molar-refractivity contribution in [3.63, 3.8) is 0 Å². The predicted octanol–water partition coefficient (Wildman–Crippen LogP) is 2.90. The number of nitrogens with one attached hydrogen (secondary N) is 2. The highest BCUT2D eigenvalue weighted by Crippen LogP contribution is 2.26. The van der Waals surface area contributed by atoms with Crippen LogP contribution in [0.15, 0.2) is 24.3 Å². The van der Waals surface area contributed by atoms with Gasteiger partial charge >= 0.3 is 0 Å². The molecule has 2 N–H and O–H groups in total. The number of hydrogen-bond acceptors (Lipinski definition) is 4. The second-order valence-electron chi connectivity index (χ2n) is 5.37. The zero-order valence-corrected chi connectivity index (χ0v) is 13.5.